The number of thiophene rings is 1. The van der Waals surface area contributed by atoms with Gasteiger partial charge in [-0.2, -0.15) is 0 Å². The molecule has 0 amide bonds. The van der Waals surface area contributed by atoms with Crippen LogP contribution in [0.2, 0.25) is 0 Å². The lowest BCUT2D eigenvalue weighted by atomic mass is 9.99. The van der Waals surface area contributed by atoms with Crippen molar-refractivity contribution in [2.45, 2.75) is 0 Å². The first kappa shape index (κ1) is 28.8. The number of hydrogen-bond acceptors (Lipinski definition) is 2. The Kier molecular flexibility index (Phi) is 6.75. The number of hydrogen-bond donors (Lipinski definition) is 0. The quantitative estimate of drug-likeness (QED) is 0.167. The van der Waals surface area contributed by atoms with Gasteiger partial charge in [-0.05, 0) is 103 Å². The van der Waals surface area contributed by atoms with Gasteiger partial charge in [0.05, 0.1) is 0 Å². The molecule has 10 rings (SSSR count). The second-order valence-electron chi connectivity index (χ2n) is 13.0. The second-order valence-corrected chi connectivity index (χ2v) is 14.0. The van der Waals surface area contributed by atoms with E-state index in [4.69, 9.17) is 0 Å². The zero-order valence-electron chi connectivity index (χ0n) is 27.3. The van der Waals surface area contributed by atoms with Gasteiger partial charge in [-0.3, -0.25) is 0 Å². The second kappa shape index (κ2) is 11.7. The van der Waals surface area contributed by atoms with Gasteiger partial charge in [0.1, 0.15) is 0 Å². The van der Waals surface area contributed by atoms with Crippen molar-refractivity contribution in [2.75, 3.05) is 4.90 Å². The van der Waals surface area contributed by atoms with E-state index >= 15 is 0 Å². The normalized spacial score (nSPS) is 11.6. The fourth-order valence-electron chi connectivity index (χ4n) is 7.54. The first-order valence-corrected chi connectivity index (χ1v) is 17.9. The summed E-state index contributed by atoms with van der Waals surface area (Å²) in [7, 11) is 0. The monoisotopic (exact) mass is 653 g/mol. The molecule has 0 saturated heterocycles. The molecule has 0 saturated carbocycles. The van der Waals surface area contributed by atoms with Gasteiger partial charge in [0.25, 0.3) is 0 Å². The Morgan fingerprint density at radius 1 is 0.320 bits per heavy atom. The van der Waals surface area contributed by atoms with Crippen LogP contribution in [0.3, 0.4) is 0 Å². The van der Waals surface area contributed by atoms with Gasteiger partial charge in [-0.15, -0.1) is 11.3 Å². The average molecular weight is 654 g/mol. The molecule has 0 unspecified atom stereocenters. The minimum absolute atomic E-state index is 1.12. The van der Waals surface area contributed by atoms with E-state index in [1.54, 1.807) is 0 Å². The fraction of sp³-hybridized carbons (Fsp3) is 0. The molecule has 0 aliphatic carbocycles. The predicted molar refractivity (Wildman–Crippen MR) is 217 cm³/mol. The van der Waals surface area contributed by atoms with E-state index in [2.05, 4.69) is 193 Å². The molecule has 234 valence electrons. The zero-order chi connectivity index (χ0) is 33.0. The van der Waals surface area contributed by atoms with Crippen molar-refractivity contribution in [3.8, 4) is 22.3 Å². The molecule has 0 bridgehead atoms. The summed E-state index contributed by atoms with van der Waals surface area (Å²) in [6.45, 7) is 0. The van der Waals surface area contributed by atoms with Crippen LogP contribution >= 0.6 is 11.3 Å². The molecule has 10 aromatic rings. The molecule has 9 aromatic carbocycles. The van der Waals surface area contributed by atoms with Crippen LogP contribution in [-0.4, -0.2) is 0 Å². The standard InChI is InChI=1S/C48H31NS/c1-2-10-32(11-3-1)35-15-8-16-40(28-35)49(41-26-27-43-38(29-41)21-20-33-12-6-7-17-42(33)43)39-24-22-34(23-25-39)44-18-9-19-45-46-30-36-13-4-5-14-37(36)31-47(46)50-48(44)45/h1-31H. The molecule has 2 heteroatoms. The molecule has 0 N–H and O–H groups in total. The van der Waals surface area contributed by atoms with Crippen LogP contribution in [0, 0.1) is 0 Å². The molecule has 0 atom stereocenters. The number of benzene rings is 9. The largest absolute Gasteiger partial charge is 0.310 e. The van der Waals surface area contributed by atoms with Crippen LogP contribution in [-0.2, 0) is 0 Å². The summed E-state index contributed by atoms with van der Waals surface area (Å²) < 4.78 is 2.66. The Morgan fingerprint density at radius 3 is 1.82 bits per heavy atom. The Bertz CT molecular complexity index is 2870. The molecule has 0 radical (unpaired) electrons. The van der Waals surface area contributed by atoms with E-state index < -0.39 is 0 Å². The van der Waals surface area contributed by atoms with Crippen LogP contribution in [0.1, 0.15) is 0 Å². The molecular formula is C48H31NS. The lowest BCUT2D eigenvalue weighted by Crippen LogP contribution is -2.10. The maximum atomic E-state index is 2.39. The third-order valence-electron chi connectivity index (χ3n) is 10.00. The van der Waals surface area contributed by atoms with Gasteiger partial charge < -0.3 is 4.90 Å². The summed E-state index contributed by atoms with van der Waals surface area (Å²) in [6, 6.07) is 68.7. The highest BCUT2D eigenvalue weighted by Crippen LogP contribution is 2.43. The molecule has 1 nitrogen and oxygen atoms in total. The number of nitrogens with zero attached hydrogens (tertiary/aromatic N) is 1. The smallest absolute Gasteiger partial charge is 0.0468 e. The van der Waals surface area contributed by atoms with Crippen molar-refractivity contribution in [3.05, 3.63) is 188 Å². The minimum atomic E-state index is 1.12. The van der Waals surface area contributed by atoms with E-state index in [1.165, 1.54) is 74.7 Å². The summed E-state index contributed by atoms with van der Waals surface area (Å²) >= 11 is 1.89. The maximum absolute atomic E-state index is 2.39. The summed E-state index contributed by atoms with van der Waals surface area (Å²) in [5.41, 5.74) is 8.27. The number of fused-ring (bicyclic) bond motifs is 7. The Labute approximate surface area is 294 Å². The highest BCUT2D eigenvalue weighted by atomic mass is 32.1. The SMILES string of the molecule is c1ccc(-c2cccc(N(c3ccc(-c4cccc5c4sc4cc6ccccc6cc45)cc3)c3ccc4c(ccc5ccccc54)c3)c2)cc1. The van der Waals surface area contributed by atoms with E-state index in [0.717, 1.165) is 17.1 Å². The van der Waals surface area contributed by atoms with E-state index in [9.17, 15) is 0 Å². The Hall–Kier alpha value is -6.22. The van der Waals surface area contributed by atoms with Crippen molar-refractivity contribution < 1.29 is 0 Å². The molecule has 0 aliphatic rings. The highest BCUT2D eigenvalue weighted by molar-refractivity contribution is 7.26. The van der Waals surface area contributed by atoms with Crippen LogP contribution in [0.5, 0.6) is 0 Å². The predicted octanol–water partition coefficient (Wildman–Crippen LogP) is 14.3. The fourth-order valence-corrected chi connectivity index (χ4v) is 8.81. The molecule has 0 aliphatic heterocycles. The van der Waals surface area contributed by atoms with Crippen LogP contribution in [0.25, 0.3) is 74.7 Å². The lowest BCUT2D eigenvalue weighted by molar-refractivity contribution is 1.29. The van der Waals surface area contributed by atoms with Gasteiger partial charge in [0.15, 0.2) is 0 Å². The zero-order valence-corrected chi connectivity index (χ0v) is 28.1. The van der Waals surface area contributed by atoms with Crippen molar-refractivity contribution in [1.82, 2.24) is 0 Å². The molecule has 1 aromatic heterocycles. The third kappa shape index (κ3) is 4.84. The molecule has 50 heavy (non-hydrogen) atoms. The first-order chi connectivity index (χ1) is 24.8. The van der Waals surface area contributed by atoms with E-state index in [1.807, 2.05) is 11.3 Å². The molecule has 0 spiro atoms. The van der Waals surface area contributed by atoms with Gasteiger partial charge in [-0.25, -0.2) is 0 Å². The average Bonchev–Trinajstić information content (AvgIpc) is 3.55. The van der Waals surface area contributed by atoms with Crippen molar-refractivity contribution >= 4 is 80.9 Å². The van der Waals surface area contributed by atoms with Crippen molar-refractivity contribution in [1.29, 1.82) is 0 Å². The third-order valence-corrected chi connectivity index (χ3v) is 11.2. The maximum Gasteiger partial charge on any atom is 0.0468 e. The summed E-state index contributed by atoms with van der Waals surface area (Å²) in [5.74, 6) is 0. The first-order valence-electron chi connectivity index (χ1n) is 17.1. The molecule has 0 fully saturated rings. The highest BCUT2D eigenvalue weighted by Gasteiger charge is 2.16. The topological polar surface area (TPSA) is 3.24 Å². The van der Waals surface area contributed by atoms with E-state index in [0.29, 0.717) is 0 Å². The molecular weight excluding hydrogens is 623 g/mol. The van der Waals surface area contributed by atoms with Crippen LogP contribution < -0.4 is 4.90 Å². The lowest BCUT2D eigenvalue weighted by Gasteiger charge is -2.27. The van der Waals surface area contributed by atoms with Crippen molar-refractivity contribution in [3.63, 3.8) is 0 Å². The minimum Gasteiger partial charge on any atom is -0.310 e. The van der Waals surface area contributed by atoms with Crippen LogP contribution in [0.15, 0.2) is 188 Å². The summed E-state index contributed by atoms with van der Waals surface area (Å²) in [6.07, 6.45) is 0. The number of anilines is 3. The van der Waals surface area contributed by atoms with Crippen molar-refractivity contribution in [2.24, 2.45) is 0 Å². The Morgan fingerprint density at radius 2 is 0.960 bits per heavy atom. The van der Waals surface area contributed by atoms with Crippen LogP contribution in [0.4, 0.5) is 17.1 Å². The number of rotatable bonds is 5. The summed E-state index contributed by atoms with van der Waals surface area (Å²) in [5, 5.41) is 10.3. The summed E-state index contributed by atoms with van der Waals surface area (Å²) in [4.78, 5) is 2.39. The van der Waals surface area contributed by atoms with Gasteiger partial charge in [0, 0.05) is 37.2 Å². The Balaban J connectivity index is 1.11. The van der Waals surface area contributed by atoms with Gasteiger partial charge in [-0.1, -0.05) is 140 Å². The van der Waals surface area contributed by atoms with Gasteiger partial charge >= 0.3 is 0 Å². The van der Waals surface area contributed by atoms with Gasteiger partial charge in [0.2, 0.25) is 0 Å². The van der Waals surface area contributed by atoms with E-state index in [-0.39, 0.29) is 0 Å². The molecule has 1 heterocycles.